The Morgan fingerprint density at radius 1 is 1.24 bits per heavy atom. The summed E-state index contributed by atoms with van der Waals surface area (Å²) in [5, 5.41) is 9.65. The third kappa shape index (κ3) is 3.53. The number of fused-ring (bicyclic) bond motifs is 1. The molecule has 0 unspecified atom stereocenters. The van der Waals surface area contributed by atoms with E-state index >= 15 is 0 Å². The van der Waals surface area contributed by atoms with Crippen LogP contribution in [0.4, 0.5) is 13.2 Å². The molecule has 25 heavy (non-hydrogen) atoms. The minimum absolute atomic E-state index is 0.448. The van der Waals surface area contributed by atoms with Gasteiger partial charge in [-0.1, -0.05) is 0 Å². The van der Waals surface area contributed by atoms with E-state index < -0.39 is 64.6 Å². The van der Waals surface area contributed by atoms with E-state index in [0.29, 0.717) is 0 Å². The van der Waals surface area contributed by atoms with E-state index in [2.05, 4.69) is 4.18 Å². The predicted octanol–water partition coefficient (Wildman–Crippen LogP) is 0.538. The Kier molecular flexibility index (Phi) is 5.48. The van der Waals surface area contributed by atoms with Gasteiger partial charge in [-0.15, -0.1) is 0 Å². The van der Waals surface area contributed by atoms with Gasteiger partial charge >= 0.3 is 15.6 Å². The normalized spacial score (nSPS) is 42.9. The number of hydrogen-bond donors (Lipinski definition) is 1. The standard InChI is InChI=1S/C13H21F3O8S/c1-7-9-10(23-12(3,20-4)11(2,6-17)22-9)8(5-21-7)24-25(18,19)13(14,15)16/h7-10,17H,5-6H2,1-4H3/t7-,8-,9+,10+,11+,12-/m0/s1. The molecule has 0 aliphatic carbocycles. The molecule has 0 amide bonds. The average molecular weight is 394 g/mol. The number of hydrogen-bond acceptors (Lipinski definition) is 8. The van der Waals surface area contributed by atoms with Crippen LogP contribution in [-0.4, -0.2) is 75.2 Å². The molecule has 2 fully saturated rings. The fourth-order valence-electron chi connectivity index (χ4n) is 2.76. The Morgan fingerprint density at radius 2 is 1.84 bits per heavy atom. The first-order valence-electron chi connectivity index (χ1n) is 7.43. The Labute approximate surface area is 143 Å². The van der Waals surface area contributed by atoms with Gasteiger partial charge in [0, 0.05) is 7.11 Å². The van der Waals surface area contributed by atoms with E-state index in [1.165, 1.54) is 21.0 Å². The lowest BCUT2D eigenvalue weighted by atomic mass is 9.90. The summed E-state index contributed by atoms with van der Waals surface area (Å²) in [7, 11) is -4.58. The first kappa shape index (κ1) is 20.8. The van der Waals surface area contributed by atoms with Crippen molar-refractivity contribution in [1.29, 1.82) is 0 Å². The second kappa shape index (κ2) is 6.59. The molecule has 2 saturated heterocycles. The van der Waals surface area contributed by atoms with Crippen LogP contribution in [0.3, 0.4) is 0 Å². The van der Waals surface area contributed by atoms with Gasteiger partial charge in [-0.25, -0.2) is 0 Å². The lowest BCUT2D eigenvalue weighted by Gasteiger charge is -2.56. The molecular weight excluding hydrogens is 373 g/mol. The summed E-state index contributed by atoms with van der Waals surface area (Å²) >= 11 is 0. The maximum atomic E-state index is 12.6. The Morgan fingerprint density at radius 3 is 2.32 bits per heavy atom. The van der Waals surface area contributed by atoms with Crippen LogP contribution in [0.5, 0.6) is 0 Å². The van der Waals surface area contributed by atoms with Gasteiger partial charge in [-0.2, -0.15) is 21.6 Å². The summed E-state index contributed by atoms with van der Waals surface area (Å²) in [4.78, 5) is 0. The van der Waals surface area contributed by atoms with Crippen molar-refractivity contribution in [2.45, 2.75) is 62.1 Å². The van der Waals surface area contributed by atoms with Gasteiger partial charge in [0.05, 0.1) is 19.3 Å². The van der Waals surface area contributed by atoms with Crippen LogP contribution in [0, 0.1) is 0 Å². The molecule has 0 spiro atoms. The molecule has 2 aliphatic heterocycles. The van der Waals surface area contributed by atoms with Crippen LogP contribution in [0.15, 0.2) is 0 Å². The molecule has 12 heteroatoms. The van der Waals surface area contributed by atoms with E-state index in [9.17, 15) is 26.7 Å². The summed E-state index contributed by atoms with van der Waals surface area (Å²) in [5.74, 6) is -1.55. The minimum atomic E-state index is -5.85. The molecule has 2 aliphatic rings. The first-order chi connectivity index (χ1) is 11.3. The summed E-state index contributed by atoms with van der Waals surface area (Å²) in [6, 6.07) is 0. The Balaban J connectivity index is 2.33. The molecule has 8 nitrogen and oxygen atoms in total. The van der Waals surface area contributed by atoms with Crippen LogP contribution in [0.2, 0.25) is 0 Å². The van der Waals surface area contributed by atoms with Crippen molar-refractivity contribution in [2.24, 2.45) is 0 Å². The molecule has 0 radical (unpaired) electrons. The van der Waals surface area contributed by atoms with Gasteiger partial charge in [0.15, 0.2) is 5.79 Å². The maximum absolute atomic E-state index is 12.6. The molecule has 0 aromatic carbocycles. The lowest BCUT2D eigenvalue weighted by molar-refractivity contribution is -0.417. The summed E-state index contributed by atoms with van der Waals surface area (Å²) < 4.78 is 86.8. The number of aliphatic hydroxyl groups is 1. The quantitative estimate of drug-likeness (QED) is 0.545. The molecule has 0 bridgehead atoms. The Bertz CT molecular complexity index is 597. The lowest BCUT2D eigenvalue weighted by Crippen LogP contribution is -2.71. The van der Waals surface area contributed by atoms with Crippen molar-refractivity contribution >= 4 is 10.1 Å². The van der Waals surface area contributed by atoms with Crippen LogP contribution in [-0.2, 0) is 33.2 Å². The highest BCUT2D eigenvalue weighted by molar-refractivity contribution is 7.87. The van der Waals surface area contributed by atoms with Gasteiger partial charge in [-0.05, 0) is 20.8 Å². The van der Waals surface area contributed by atoms with Gasteiger partial charge in [0.2, 0.25) is 0 Å². The number of halogens is 3. The number of ether oxygens (including phenoxy) is 4. The van der Waals surface area contributed by atoms with E-state index in [4.69, 9.17) is 18.9 Å². The zero-order chi connectivity index (χ0) is 19.3. The fraction of sp³-hybridized carbons (Fsp3) is 1.00. The molecule has 6 atom stereocenters. The molecule has 2 rings (SSSR count). The zero-order valence-corrected chi connectivity index (χ0v) is 14.9. The van der Waals surface area contributed by atoms with Crippen molar-refractivity contribution in [1.82, 2.24) is 0 Å². The second-order valence-corrected chi connectivity index (χ2v) is 7.84. The Hall–Kier alpha value is -0.500. The maximum Gasteiger partial charge on any atom is 0.523 e. The van der Waals surface area contributed by atoms with Crippen molar-refractivity contribution in [3.63, 3.8) is 0 Å². The molecule has 148 valence electrons. The van der Waals surface area contributed by atoms with Gasteiger partial charge in [-0.3, -0.25) is 4.18 Å². The van der Waals surface area contributed by atoms with Crippen molar-refractivity contribution < 1.29 is 49.8 Å². The summed E-state index contributed by atoms with van der Waals surface area (Å²) in [6.07, 6.45) is -4.41. The van der Waals surface area contributed by atoms with E-state index in [1.807, 2.05) is 0 Å². The largest absolute Gasteiger partial charge is 0.523 e. The van der Waals surface area contributed by atoms with Crippen LogP contribution >= 0.6 is 0 Å². The van der Waals surface area contributed by atoms with Crippen molar-refractivity contribution in [3.05, 3.63) is 0 Å². The predicted molar refractivity (Wildman–Crippen MR) is 75.9 cm³/mol. The highest BCUT2D eigenvalue weighted by atomic mass is 32.2. The van der Waals surface area contributed by atoms with Gasteiger partial charge in [0.25, 0.3) is 0 Å². The summed E-state index contributed by atoms with van der Waals surface area (Å²) in [6.45, 7) is 3.55. The fourth-order valence-corrected chi connectivity index (χ4v) is 3.36. The molecular formula is C13H21F3O8S. The van der Waals surface area contributed by atoms with Gasteiger partial charge < -0.3 is 24.1 Å². The minimum Gasteiger partial charge on any atom is -0.393 e. The molecule has 2 heterocycles. The zero-order valence-electron chi connectivity index (χ0n) is 14.1. The van der Waals surface area contributed by atoms with E-state index in [-0.39, 0.29) is 0 Å². The van der Waals surface area contributed by atoms with E-state index in [0.717, 1.165) is 0 Å². The summed E-state index contributed by atoms with van der Waals surface area (Å²) in [5.41, 5.74) is -6.93. The monoisotopic (exact) mass is 394 g/mol. The van der Waals surface area contributed by atoms with Crippen LogP contribution in [0.1, 0.15) is 20.8 Å². The van der Waals surface area contributed by atoms with E-state index in [1.54, 1.807) is 6.92 Å². The van der Waals surface area contributed by atoms with Gasteiger partial charge in [0.1, 0.15) is 23.9 Å². The second-order valence-electron chi connectivity index (χ2n) is 6.28. The van der Waals surface area contributed by atoms with Crippen molar-refractivity contribution in [3.8, 4) is 0 Å². The third-order valence-electron chi connectivity index (χ3n) is 4.62. The molecule has 1 N–H and O–H groups in total. The average Bonchev–Trinajstić information content (AvgIpc) is 2.51. The number of methoxy groups -OCH3 is 1. The topological polar surface area (TPSA) is 101 Å². The third-order valence-corrected chi connectivity index (χ3v) is 5.69. The molecule has 0 saturated carbocycles. The van der Waals surface area contributed by atoms with Crippen LogP contribution in [0.25, 0.3) is 0 Å². The number of aliphatic hydroxyl groups excluding tert-OH is 1. The van der Waals surface area contributed by atoms with Crippen LogP contribution < -0.4 is 0 Å². The number of rotatable bonds is 4. The SMILES string of the molecule is CO[C@@]1(C)O[C@H]2[C@H](O[C@]1(C)CO)[C@H](C)OC[C@@H]2OS(=O)(=O)C(F)(F)F. The first-order valence-corrected chi connectivity index (χ1v) is 8.84. The van der Waals surface area contributed by atoms with Crippen molar-refractivity contribution in [2.75, 3.05) is 20.3 Å². The molecule has 0 aromatic rings. The molecule has 0 aromatic heterocycles. The highest BCUT2D eigenvalue weighted by Crippen LogP contribution is 2.43. The number of alkyl halides is 3. The highest BCUT2D eigenvalue weighted by Gasteiger charge is 2.61. The smallest absolute Gasteiger partial charge is 0.393 e.